The smallest absolute Gasteiger partial charge is 0.338 e. The third-order valence-electron chi connectivity index (χ3n) is 7.38. The molecule has 1 fully saturated rings. The SMILES string of the molecule is CC(C)[Si](O[C@H]1C[C@@H](OC(=O)c2ccccc2)C[C@@H]1COCc1ccccc1)(C(C)C)C(C)C. The highest BCUT2D eigenvalue weighted by Gasteiger charge is 2.49. The van der Waals surface area contributed by atoms with Crippen molar-refractivity contribution in [2.24, 2.45) is 5.92 Å². The predicted octanol–water partition coefficient (Wildman–Crippen LogP) is 7.40. The van der Waals surface area contributed by atoms with Gasteiger partial charge in [0.05, 0.1) is 24.9 Å². The first-order valence-corrected chi connectivity index (χ1v) is 14.9. The molecule has 1 saturated carbocycles. The maximum Gasteiger partial charge on any atom is 0.338 e. The van der Waals surface area contributed by atoms with Gasteiger partial charge in [0.15, 0.2) is 0 Å². The van der Waals surface area contributed by atoms with Crippen LogP contribution in [0.3, 0.4) is 0 Å². The quantitative estimate of drug-likeness (QED) is 0.247. The van der Waals surface area contributed by atoms with E-state index in [0.29, 0.717) is 35.4 Å². The van der Waals surface area contributed by atoms with Crippen LogP contribution in [0.25, 0.3) is 0 Å². The Morgan fingerprint density at radius 2 is 1.41 bits per heavy atom. The van der Waals surface area contributed by atoms with E-state index < -0.39 is 8.32 Å². The Morgan fingerprint density at radius 1 is 0.853 bits per heavy atom. The standard InChI is InChI=1S/C29H42O4Si/c1-21(2)34(22(3)4,23(5)6)33-28-18-27(32-29(30)25-15-11-8-12-16-25)17-26(28)20-31-19-24-13-9-7-10-14-24/h7-16,21-23,26-28H,17-20H2,1-6H3/t26-,27+,28+/m1/s1. The van der Waals surface area contributed by atoms with E-state index in [9.17, 15) is 4.79 Å². The van der Waals surface area contributed by atoms with E-state index in [1.54, 1.807) is 12.1 Å². The van der Waals surface area contributed by atoms with Crippen LogP contribution >= 0.6 is 0 Å². The molecule has 2 aromatic carbocycles. The maximum absolute atomic E-state index is 12.7. The number of hydrogen-bond donors (Lipinski definition) is 0. The summed E-state index contributed by atoms with van der Waals surface area (Å²) in [7, 11) is -2.07. The van der Waals surface area contributed by atoms with Gasteiger partial charge in [-0.3, -0.25) is 0 Å². The van der Waals surface area contributed by atoms with Gasteiger partial charge in [-0.25, -0.2) is 4.79 Å². The molecule has 4 nitrogen and oxygen atoms in total. The molecule has 0 spiro atoms. The first kappa shape index (κ1) is 26.6. The zero-order chi connectivity index (χ0) is 24.7. The highest BCUT2D eigenvalue weighted by molar-refractivity contribution is 6.77. The van der Waals surface area contributed by atoms with E-state index in [4.69, 9.17) is 13.9 Å². The molecular formula is C29H42O4Si. The van der Waals surface area contributed by atoms with Crippen LogP contribution in [0, 0.1) is 5.92 Å². The second-order valence-corrected chi connectivity index (χ2v) is 16.0. The molecule has 0 unspecified atom stereocenters. The molecule has 0 N–H and O–H groups in total. The largest absolute Gasteiger partial charge is 0.459 e. The molecule has 0 bridgehead atoms. The van der Waals surface area contributed by atoms with Crippen LogP contribution in [0.15, 0.2) is 60.7 Å². The molecule has 0 aromatic heterocycles. The van der Waals surface area contributed by atoms with Crippen molar-refractivity contribution in [3.8, 4) is 0 Å². The van der Waals surface area contributed by atoms with Gasteiger partial charge in [-0.1, -0.05) is 90.1 Å². The second-order valence-electron chi connectivity index (χ2n) is 10.6. The summed E-state index contributed by atoms with van der Waals surface area (Å²) in [6.07, 6.45) is 1.40. The molecule has 0 heterocycles. The molecule has 3 atom stereocenters. The van der Waals surface area contributed by atoms with Gasteiger partial charge in [-0.2, -0.15) is 0 Å². The lowest BCUT2D eigenvalue weighted by Gasteiger charge is -2.45. The summed E-state index contributed by atoms with van der Waals surface area (Å²) in [5.74, 6) is -0.0456. The minimum Gasteiger partial charge on any atom is -0.459 e. The average Bonchev–Trinajstić information content (AvgIpc) is 3.18. The average molecular weight is 483 g/mol. The van der Waals surface area contributed by atoms with E-state index >= 15 is 0 Å². The lowest BCUT2D eigenvalue weighted by Crippen LogP contribution is -2.51. The van der Waals surface area contributed by atoms with Gasteiger partial charge < -0.3 is 13.9 Å². The first-order valence-electron chi connectivity index (χ1n) is 12.8. The Bertz CT molecular complexity index is 860. The van der Waals surface area contributed by atoms with Crippen LogP contribution in [0.1, 0.15) is 70.3 Å². The van der Waals surface area contributed by atoms with Crippen LogP contribution in [0.2, 0.25) is 16.6 Å². The fourth-order valence-corrected chi connectivity index (χ4v) is 11.4. The van der Waals surface area contributed by atoms with Crippen molar-refractivity contribution in [3.05, 3.63) is 71.8 Å². The van der Waals surface area contributed by atoms with Gasteiger partial charge in [0.25, 0.3) is 0 Å². The number of carbonyl (C=O) groups excluding carboxylic acids is 1. The maximum atomic E-state index is 12.7. The first-order chi connectivity index (χ1) is 16.2. The van der Waals surface area contributed by atoms with Crippen molar-refractivity contribution in [1.29, 1.82) is 0 Å². The monoisotopic (exact) mass is 482 g/mol. The van der Waals surface area contributed by atoms with Crippen LogP contribution in [-0.2, 0) is 20.5 Å². The minimum absolute atomic E-state index is 0.0446. The summed E-state index contributed by atoms with van der Waals surface area (Å²) >= 11 is 0. The van der Waals surface area contributed by atoms with Gasteiger partial charge in [0, 0.05) is 12.3 Å². The van der Waals surface area contributed by atoms with Crippen molar-refractivity contribution in [2.45, 2.75) is 89.8 Å². The number of hydrogen-bond acceptors (Lipinski definition) is 4. The Balaban J connectivity index is 1.74. The number of rotatable bonds is 11. The third kappa shape index (κ3) is 6.38. The Hall–Kier alpha value is -1.95. The van der Waals surface area contributed by atoms with Gasteiger partial charge >= 0.3 is 5.97 Å². The zero-order valence-electron chi connectivity index (χ0n) is 21.7. The zero-order valence-corrected chi connectivity index (χ0v) is 22.7. The van der Waals surface area contributed by atoms with Crippen LogP contribution in [0.5, 0.6) is 0 Å². The fraction of sp³-hybridized carbons (Fsp3) is 0.552. The number of carbonyl (C=O) groups is 1. The predicted molar refractivity (Wildman–Crippen MR) is 140 cm³/mol. The summed E-state index contributed by atoms with van der Waals surface area (Å²) in [5, 5.41) is 0. The van der Waals surface area contributed by atoms with Crippen molar-refractivity contribution in [2.75, 3.05) is 6.61 Å². The highest BCUT2D eigenvalue weighted by Crippen LogP contribution is 2.46. The highest BCUT2D eigenvalue weighted by atomic mass is 28.4. The van der Waals surface area contributed by atoms with Crippen LogP contribution in [-0.4, -0.2) is 33.1 Å². The third-order valence-corrected chi connectivity index (χ3v) is 13.5. The molecule has 0 radical (unpaired) electrons. The summed E-state index contributed by atoms with van der Waals surface area (Å²) in [4.78, 5) is 12.7. The lowest BCUT2D eigenvalue weighted by atomic mass is 10.1. The Morgan fingerprint density at radius 3 is 1.97 bits per heavy atom. The minimum atomic E-state index is -2.07. The molecule has 34 heavy (non-hydrogen) atoms. The van der Waals surface area contributed by atoms with Gasteiger partial charge in [-0.15, -0.1) is 0 Å². The number of ether oxygens (including phenoxy) is 2. The van der Waals surface area contributed by atoms with Crippen molar-refractivity contribution >= 4 is 14.3 Å². The number of esters is 1. The summed E-state index contributed by atoms with van der Waals surface area (Å²) in [5.41, 5.74) is 3.28. The topological polar surface area (TPSA) is 44.8 Å². The molecule has 2 aromatic rings. The molecule has 0 aliphatic heterocycles. The normalized spacial score (nSPS) is 20.9. The molecule has 3 rings (SSSR count). The molecule has 1 aliphatic rings. The van der Waals surface area contributed by atoms with Crippen LogP contribution < -0.4 is 0 Å². The van der Waals surface area contributed by atoms with Crippen molar-refractivity contribution < 1.29 is 18.7 Å². The van der Waals surface area contributed by atoms with E-state index in [2.05, 4.69) is 53.7 Å². The van der Waals surface area contributed by atoms with E-state index in [1.807, 2.05) is 36.4 Å². The second kappa shape index (κ2) is 12.1. The molecule has 1 aliphatic carbocycles. The summed E-state index contributed by atoms with van der Waals surface area (Å²) in [6.45, 7) is 15.1. The Kier molecular flexibility index (Phi) is 9.52. The van der Waals surface area contributed by atoms with Gasteiger partial charge in [-0.05, 0) is 40.7 Å². The summed E-state index contributed by atoms with van der Waals surface area (Å²) < 4.78 is 19.3. The molecule has 5 heteroatoms. The molecule has 0 saturated heterocycles. The Labute approximate surface area is 207 Å². The van der Waals surface area contributed by atoms with Crippen molar-refractivity contribution in [1.82, 2.24) is 0 Å². The number of benzene rings is 2. The molecule has 186 valence electrons. The van der Waals surface area contributed by atoms with Gasteiger partial charge in [0.1, 0.15) is 6.10 Å². The van der Waals surface area contributed by atoms with Crippen LogP contribution in [0.4, 0.5) is 0 Å². The molecule has 0 amide bonds. The van der Waals surface area contributed by atoms with E-state index in [1.165, 1.54) is 5.56 Å². The van der Waals surface area contributed by atoms with Crippen molar-refractivity contribution in [3.63, 3.8) is 0 Å². The van der Waals surface area contributed by atoms with E-state index in [0.717, 1.165) is 12.8 Å². The van der Waals surface area contributed by atoms with E-state index in [-0.39, 0.29) is 24.1 Å². The molecular weight excluding hydrogens is 440 g/mol. The lowest BCUT2D eigenvalue weighted by molar-refractivity contribution is 0.0283. The van der Waals surface area contributed by atoms with Gasteiger partial charge in [0.2, 0.25) is 8.32 Å². The fourth-order valence-electron chi connectivity index (χ4n) is 5.82. The summed E-state index contributed by atoms with van der Waals surface area (Å²) in [6, 6.07) is 19.5.